The van der Waals surface area contributed by atoms with Crippen molar-refractivity contribution in [3.8, 4) is 0 Å². The maximum absolute atomic E-state index is 13.3. The number of carbonyl (C=O) groups is 1. The van der Waals surface area contributed by atoms with Crippen molar-refractivity contribution < 1.29 is 9.18 Å². The molecule has 0 unspecified atom stereocenters. The Labute approximate surface area is 81.0 Å². The first-order valence-electron chi connectivity index (χ1n) is 4.51. The van der Waals surface area contributed by atoms with E-state index in [1.54, 1.807) is 16.7 Å². The fraction of sp³-hybridized carbons (Fsp3) is 0.182. The lowest BCUT2D eigenvalue weighted by atomic mass is 10.2. The van der Waals surface area contributed by atoms with Gasteiger partial charge in [-0.1, -0.05) is 6.07 Å². The van der Waals surface area contributed by atoms with Gasteiger partial charge in [0, 0.05) is 11.9 Å². The molecule has 14 heavy (non-hydrogen) atoms. The van der Waals surface area contributed by atoms with Gasteiger partial charge in [-0.05, 0) is 25.1 Å². The molecule has 0 atom stereocenters. The standard InChI is InChI=1S/C11H10FNO/c1-2-13-8(7-14)6-9-10(12)4-3-5-11(9)13/h3-7H,2H2,1H3. The molecule has 2 aromatic rings. The second-order valence-corrected chi connectivity index (χ2v) is 3.10. The summed E-state index contributed by atoms with van der Waals surface area (Å²) in [5, 5.41) is 0.511. The minimum Gasteiger partial charge on any atom is -0.339 e. The Bertz CT molecular complexity index is 487. The van der Waals surface area contributed by atoms with E-state index in [0.29, 0.717) is 17.6 Å². The third kappa shape index (κ3) is 1.13. The van der Waals surface area contributed by atoms with Gasteiger partial charge in [0.2, 0.25) is 0 Å². The van der Waals surface area contributed by atoms with Crippen molar-refractivity contribution in [3.05, 3.63) is 35.8 Å². The topological polar surface area (TPSA) is 22.0 Å². The molecule has 0 bridgehead atoms. The molecule has 0 saturated heterocycles. The molecule has 0 fully saturated rings. The van der Waals surface area contributed by atoms with Crippen LogP contribution in [0.5, 0.6) is 0 Å². The lowest BCUT2D eigenvalue weighted by molar-refractivity contribution is 0.111. The number of benzene rings is 1. The van der Waals surface area contributed by atoms with E-state index in [9.17, 15) is 9.18 Å². The van der Waals surface area contributed by atoms with E-state index < -0.39 is 0 Å². The number of fused-ring (bicyclic) bond motifs is 1. The Hall–Kier alpha value is -1.64. The highest BCUT2D eigenvalue weighted by Gasteiger charge is 2.09. The van der Waals surface area contributed by atoms with Crippen LogP contribution in [0.1, 0.15) is 17.4 Å². The fourth-order valence-corrected chi connectivity index (χ4v) is 1.72. The van der Waals surface area contributed by atoms with Gasteiger partial charge in [-0.2, -0.15) is 0 Å². The smallest absolute Gasteiger partial charge is 0.166 e. The first-order valence-corrected chi connectivity index (χ1v) is 4.51. The van der Waals surface area contributed by atoms with Gasteiger partial charge in [-0.3, -0.25) is 4.79 Å². The lowest BCUT2D eigenvalue weighted by Gasteiger charge is -2.02. The second kappa shape index (κ2) is 3.25. The normalized spacial score (nSPS) is 10.7. The third-order valence-corrected chi connectivity index (χ3v) is 2.36. The first kappa shape index (κ1) is 8.94. The van der Waals surface area contributed by atoms with Gasteiger partial charge in [0.05, 0.1) is 11.2 Å². The lowest BCUT2D eigenvalue weighted by Crippen LogP contribution is -1.98. The number of hydrogen-bond acceptors (Lipinski definition) is 1. The number of hydrogen-bond donors (Lipinski definition) is 0. The summed E-state index contributed by atoms with van der Waals surface area (Å²) in [5.41, 5.74) is 1.29. The zero-order valence-corrected chi connectivity index (χ0v) is 7.83. The van der Waals surface area contributed by atoms with Crippen LogP contribution in [0.4, 0.5) is 4.39 Å². The molecule has 0 radical (unpaired) electrons. The molecule has 0 aliphatic carbocycles. The summed E-state index contributed by atoms with van der Waals surface area (Å²) in [5.74, 6) is -0.280. The van der Waals surface area contributed by atoms with Gasteiger partial charge in [0.15, 0.2) is 6.29 Å². The Morgan fingerprint density at radius 3 is 2.93 bits per heavy atom. The molecular formula is C11H10FNO. The molecule has 72 valence electrons. The Kier molecular flexibility index (Phi) is 2.08. The number of rotatable bonds is 2. The van der Waals surface area contributed by atoms with Crippen molar-refractivity contribution in [2.24, 2.45) is 0 Å². The molecule has 1 aromatic carbocycles. The Morgan fingerprint density at radius 1 is 1.50 bits per heavy atom. The Morgan fingerprint density at radius 2 is 2.29 bits per heavy atom. The average molecular weight is 191 g/mol. The largest absolute Gasteiger partial charge is 0.339 e. The molecule has 1 heterocycles. The SMILES string of the molecule is CCn1c(C=O)cc2c(F)cccc21. The predicted octanol–water partition coefficient (Wildman–Crippen LogP) is 2.61. The fourth-order valence-electron chi connectivity index (χ4n) is 1.72. The zero-order chi connectivity index (χ0) is 10.1. The monoisotopic (exact) mass is 191 g/mol. The maximum Gasteiger partial charge on any atom is 0.166 e. The van der Waals surface area contributed by atoms with Crippen LogP contribution in [0.15, 0.2) is 24.3 Å². The molecule has 0 spiro atoms. The summed E-state index contributed by atoms with van der Waals surface area (Å²) in [4.78, 5) is 10.7. The molecule has 0 aliphatic heterocycles. The van der Waals surface area contributed by atoms with E-state index in [1.165, 1.54) is 6.07 Å². The van der Waals surface area contributed by atoms with Crippen LogP contribution in [0.3, 0.4) is 0 Å². The number of aryl methyl sites for hydroxylation is 1. The molecule has 0 amide bonds. The molecule has 1 aromatic heterocycles. The van der Waals surface area contributed by atoms with Crippen LogP contribution < -0.4 is 0 Å². The van der Waals surface area contributed by atoms with Gasteiger partial charge >= 0.3 is 0 Å². The summed E-state index contributed by atoms with van der Waals surface area (Å²) >= 11 is 0. The average Bonchev–Trinajstić information content (AvgIpc) is 2.57. The number of aldehydes is 1. The quantitative estimate of drug-likeness (QED) is 0.669. The first-order chi connectivity index (χ1) is 6.77. The van der Waals surface area contributed by atoms with E-state index in [4.69, 9.17) is 0 Å². The molecule has 0 aliphatic rings. The summed E-state index contributed by atoms with van der Waals surface area (Å²) in [6.45, 7) is 2.60. The summed E-state index contributed by atoms with van der Waals surface area (Å²) in [7, 11) is 0. The number of nitrogens with zero attached hydrogens (tertiary/aromatic N) is 1. The van der Waals surface area contributed by atoms with Gasteiger partial charge in [0.25, 0.3) is 0 Å². The molecule has 2 rings (SSSR count). The van der Waals surface area contributed by atoms with Crippen LogP contribution in [0.2, 0.25) is 0 Å². The van der Waals surface area contributed by atoms with Gasteiger partial charge in [-0.15, -0.1) is 0 Å². The van der Waals surface area contributed by atoms with E-state index in [0.717, 1.165) is 11.8 Å². The van der Waals surface area contributed by atoms with Crippen LogP contribution in [-0.2, 0) is 6.54 Å². The molecule has 0 saturated carbocycles. The second-order valence-electron chi connectivity index (χ2n) is 3.10. The van der Waals surface area contributed by atoms with E-state index >= 15 is 0 Å². The number of aromatic nitrogens is 1. The molecular weight excluding hydrogens is 181 g/mol. The molecule has 3 heteroatoms. The minimum atomic E-state index is -0.280. The molecule has 0 N–H and O–H groups in total. The van der Waals surface area contributed by atoms with Gasteiger partial charge < -0.3 is 4.57 Å². The van der Waals surface area contributed by atoms with Crippen molar-refractivity contribution >= 4 is 17.2 Å². The maximum atomic E-state index is 13.3. The van der Waals surface area contributed by atoms with Crippen LogP contribution in [-0.4, -0.2) is 10.9 Å². The molecule has 2 nitrogen and oxygen atoms in total. The van der Waals surface area contributed by atoms with Crippen LogP contribution in [0, 0.1) is 5.82 Å². The van der Waals surface area contributed by atoms with Crippen LogP contribution >= 0.6 is 0 Å². The Balaban J connectivity index is 2.86. The predicted molar refractivity (Wildman–Crippen MR) is 53.0 cm³/mol. The van der Waals surface area contributed by atoms with Crippen molar-refractivity contribution in [2.45, 2.75) is 13.5 Å². The highest BCUT2D eigenvalue weighted by Crippen LogP contribution is 2.21. The summed E-state index contributed by atoms with van der Waals surface area (Å²) in [6, 6.07) is 6.45. The van der Waals surface area contributed by atoms with Crippen molar-refractivity contribution in [2.75, 3.05) is 0 Å². The zero-order valence-electron chi connectivity index (χ0n) is 7.83. The highest BCUT2D eigenvalue weighted by atomic mass is 19.1. The summed E-state index contributed by atoms with van der Waals surface area (Å²) in [6.07, 6.45) is 0.753. The van der Waals surface area contributed by atoms with E-state index in [-0.39, 0.29) is 5.82 Å². The van der Waals surface area contributed by atoms with Crippen molar-refractivity contribution in [1.82, 2.24) is 4.57 Å². The van der Waals surface area contributed by atoms with E-state index in [2.05, 4.69) is 0 Å². The number of halogens is 1. The van der Waals surface area contributed by atoms with E-state index in [1.807, 2.05) is 13.0 Å². The van der Waals surface area contributed by atoms with Crippen molar-refractivity contribution in [1.29, 1.82) is 0 Å². The third-order valence-electron chi connectivity index (χ3n) is 2.36. The highest BCUT2D eigenvalue weighted by molar-refractivity contribution is 5.89. The van der Waals surface area contributed by atoms with Gasteiger partial charge in [-0.25, -0.2) is 4.39 Å². The minimum absolute atomic E-state index is 0.280. The number of carbonyl (C=O) groups excluding carboxylic acids is 1. The van der Waals surface area contributed by atoms with Crippen molar-refractivity contribution in [3.63, 3.8) is 0 Å². The van der Waals surface area contributed by atoms with Crippen LogP contribution in [0.25, 0.3) is 10.9 Å². The summed E-state index contributed by atoms with van der Waals surface area (Å²) < 4.78 is 15.1. The van der Waals surface area contributed by atoms with Gasteiger partial charge in [0.1, 0.15) is 5.82 Å².